The number of fused-ring (bicyclic) bond motifs is 1. The van der Waals surface area contributed by atoms with E-state index in [9.17, 15) is 4.79 Å². The summed E-state index contributed by atoms with van der Waals surface area (Å²) in [6.45, 7) is 2.84. The Hall–Kier alpha value is -1.90. The molecule has 1 heterocycles. The molecule has 0 saturated heterocycles. The SMILES string of the molecule is CCCN(C)C(=O)c1cccc2cnccc12. The lowest BCUT2D eigenvalue weighted by atomic mass is 10.1. The van der Waals surface area contributed by atoms with Crippen LogP contribution >= 0.6 is 0 Å². The Morgan fingerprint density at radius 2 is 2.18 bits per heavy atom. The fraction of sp³-hybridized carbons (Fsp3) is 0.286. The summed E-state index contributed by atoms with van der Waals surface area (Å²) < 4.78 is 0. The molecule has 0 fully saturated rings. The van der Waals surface area contributed by atoms with Crippen LogP contribution in [0.25, 0.3) is 10.8 Å². The molecule has 2 rings (SSSR count). The summed E-state index contributed by atoms with van der Waals surface area (Å²) in [6, 6.07) is 7.63. The Bertz CT molecular complexity index is 531. The zero-order chi connectivity index (χ0) is 12.3. The molecule has 88 valence electrons. The average molecular weight is 228 g/mol. The Kier molecular flexibility index (Phi) is 3.38. The number of benzene rings is 1. The molecule has 17 heavy (non-hydrogen) atoms. The number of carbonyl (C=O) groups is 1. The van der Waals surface area contributed by atoms with Gasteiger partial charge >= 0.3 is 0 Å². The Balaban J connectivity index is 2.45. The van der Waals surface area contributed by atoms with Crippen LogP contribution in [-0.4, -0.2) is 29.4 Å². The highest BCUT2D eigenvalue weighted by Gasteiger charge is 2.13. The summed E-state index contributed by atoms with van der Waals surface area (Å²) in [5, 5.41) is 1.97. The van der Waals surface area contributed by atoms with Crippen molar-refractivity contribution in [2.75, 3.05) is 13.6 Å². The van der Waals surface area contributed by atoms with Crippen LogP contribution in [0.4, 0.5) is 0 Å². The average Bonchev–Trinajstić information content (AvgIpc) is 2.37. The van der Waals surface area contributed by atoms with Gasteiger partial charge in [0.05, 0.1) is 0 Å². The van der Waals surface area contributed by atoms with E-state index in [1.165, 1.54) is 0 Å². The molecule has 0 spiro atoms. The van der Waals surface area contributed by atoms with Crippen LogP contribution in [0.1, 0.15) is 23.7 Å². The monoisotopic (exact) mass is 228 g/mol. The number of aromatic nitrogens is 1. The van der Waals surface area contributed by atoms with Gasteiger partial charge in [-0.15, -0.1) is 0 Å². The third kappa shape index (κ3) is 2.28. The smallest absolute Gasteiger partial charge is 0.254 e. The highest BCUT2D eigenvalue weighted by atomic mass is 16.2. The van der Waals surface area contributed by atoms with Gasteiger partial charge in [-0.1, -0.05) is 19.1 Å². The molecule has 3 heteroatoms. The second-order valence-electron chi connectivity index (χ2n) is 4.13. The van der Waals surface area contributed by atoms with Crippen LogP contribution in [-0.2, 0) is 0 Å². The van der Waals surface area contributed by atoms with Gasteiger partial charge in [0.2, 0.25) is 0 Å². The van der Waals surface area contributed by atoms with Crippen molar-refractivity contribution < 1.29 is 4.79 Å². The Morgan fingerprint density at radius 1 is 1.35 bits per heavy atom. The first-order valence-electron chi connectivity index (χ1n) is 5.82. The van der Waals surface area contributed by atoms with Gasteiger partial charge in [-0.25, -0.2) is 0 Å². The highest BCUT2D eigenvalue weighted by molar-refractivity contribution is 6.06. The molecule has 0 radical (unpaired) electrons. The third-order valence-electron chi connectivity index (χ3n) is 2.82. The molecule has 1 aromatic carbocycles. The van der Waals surface area contributed by atoms with Crippen LogP contribution in [0.2, 0.25) is 0 Å². The number of hydrogen-bond donors (Lipinski definition) is 0. The number of amides is 1. The molecule has 0 atom stereocenters. The summed E-state index contributed by atoms with van der Waals surface area (Å²) in [5.41, 5.74) is 0.751. The molecule has 0 saturated carbocycles. The second kappa shape index (κ2) is 4.95. The predicted octanol–water partition coefficient (Wildman–Crippen LogP) is 2.72. The van der Waals surface area contributed by atoms with Crippen molar-refractivity contribution in [3.05, 3.63) is 42.2 Å². The quantitative estimate of drug-likeness (QED) is 0.809. The van der Waals surface area contributed by atoms with E-state index in [-0.39, 0.29) is 5.91 Å². The molecular weight excluding hydrogens is 212 g/mol. The van der Waals surface area contributed by atoms with Crippen molar-refractivity contribution in [1.29, 1.82) is 0 Å². The molecule has 1 amide bonds. The maximum Gasteiger partial charge on any atom is 0.254 e. The molecule has 0 N–H and O–H groups in total. The number of carbonyl (C=O) groups excluding carboxylic acids is 1. The van der Waals surface area contributed by atoms with Gasteiger partial charge in [0.1, 0.15) is 0 Å². The first-order chi connectivity index (χ1) is 8.24. The molecule has 1 aromatic heterocycles. The van der Waals surface area contributed by atoms with E-state index < -0.39 is 0 Å². The van der Waals surface area contributed by atoms with E-state index in [1.54, 1.807) is 17.3 Å². The zero-order valence-corrected chi connectivity index (χ0v) is 10.2. The van der Waals surface area contributed by atoms with Crippen LogP contribution in [0.5, 0.6) is 0 Å². The summed E-state index contributed by atoms with van der Waals surface area (Å²) >= 11 is 0. The largest absolute Gasteiger partial charge is 0.342 e. The predicted molar refractivity (Wildman–Crippen MR) is 69.0 cm³/mol. The normalized spacial score (nSPS) is 10.5. The van der Waals surface area contributed by atoms with Gasteiger partial charge in [0.15, 0.2) is 0 Å². The van der Waals surface area contributed by atoms with Crippen molar-refractivity contribution in [2.24, 2.45) is 0 Å². The van der Waals surface area contributed by atoms with E-state index in [0.717, 1.165) is 29.3 Å². The van der Waals surface area contributed by atoms with Crippen molar-refractivity contribution in [2.45, 2.75) is 13.3 Å². The van der Waals surface area contributed by atoms with E-state index in [0.29, 0.717) is 0 Å². The Labute approximate surface area is 101 Å². The van der Waals surface area contributed by atoms with Crippen LogP contribution in [0.3, 0.4) is 0 Å². The number of nitrogens with zero attached hydrogens (tertiary/aromatic N) is 2. The first kappa shape index (κ1) is 11.6. The Morgan fingerprint density at radius 3 is 2.94 bits per heavy atom. The first-order valence-corrected chi connectivity index (χ1v) is 5.82. The van der Waals surface area contributed by atoms with E-state index in [1.807, 2.05) is 31.3 Å². The summed E-state index contributed by atoms with van der Waals surface area (Å²) in [4.78, 5) is 18.1. The van der Waals surface area contributed by atoms with Crippen LogP contribution < -0.4 is 0 Å². The van der Waals surface area contributed by atoms with Crippen molar-refractivity contribution in [3.8, 4) is 0 Å². The van der Waals surface area contributed by atoms with E-state index in [4.69, 9.17) is 0 Å². The van der Waals surface area contributed by atoms with Crippen LogP contribution in [0, 0.1) is 0 Å². The van der Waals surface area contributed by atoms with Gasteiger partial charge in [-0.3, -0.25) is 9.78 Å². The molecular formula is C14H16N2O. The minimum Gasteiger partial charge on any atom is -0.342 e. The van der Waals surface area contributed by atoms with Crippen molar-refractivity contribution in [1.82, 2.24) is 9.88 Å². The second-order valence-corrected chi connectivity index (χ2v) is 4.13. The lowest BCUT2D eigenvalue weighted by Gasteiger charge is -2.17. The minimum atomic E-state index is 0.0728. The third-order valence-corrected chi connectivity index (χ3v) is 2.82. The van der Waals surface area contributed by atoms with E-state index >= 15 is 0 Å². The lowest BCUT2D eigenvalue weighted by molar-refractivity contribution is 0.0797. The summed E-state index contributed by atoms with van der Waals surface area (Å²) in [7, 11) is 1.84. The molecule has 3 nitrogen and oxygen atoms in total. The van der Waals surface area contributed by atoms with Crippen LogP contribution in [0.15, 0.2) is 36.7 Å². The van der Waals surface area contributed by atoms with Gasteiger partial charge in [0.25, 0.3) is 5.91 Å². The summed E-state index contributed by atoms with van der Waals surface area (Å²) in [6.07, 6.45) is 4.47. The fourth-order valence-corrected chi connectivity index (χ4v) is 1.95. The molecule has 0 aliphatic rings. The lowest BCUT2D eigenvalue weighted by Crippen LogP contribution is -2.27. The topological polar surface area (TPSA) is 33.2 Å². The highest BCUT2D eigenvalue weighted by Crippen LogP contribution is 2.18. The number of hydrogen-bond acceptors (Lipinski definition) is 2. The molecule has 0 bridgehead atoms. The summed E-state index contributed by atoms with van der Waals surface area (Å²) in [5.74, 6) is 0.0728. The maximum atomic E-state index is 12.3. The zero-order valence-electron chi connectivity index (χ0n) is 10.2. The van der Waals surface area contributed by atoms with Crippen molar-refractivity contribution >= 4 is 16.7 Å². The molecule has 0 aliphatic heterocycles. The molecule has 2 aromatic rings. The van der Waals surface area contributed by atoms with Crippen molar-refractivity contribution in [3.63, 3.8) is 0 Å². The van der Waals surface area contributed by atoms with Gasteiger partial charge in [0, 0.05) is 36.9 Å². The van der Waals surface area contributed by atoms with Gasteiger partial charge < -0.3 is 4.90 Å². The molecule has 0 aliphatic carbocycles. The fourth-order valence-electron chi connectivity index (χ4n) is 1.95. The van der Waals surface area contributed by atoms with E-state index in [2.05, 4.69) is 11.9 Å². The van der Waals surface area contributed by atoms with Gasteiger partial charge in [-0.05, 0) is 23.9 Å². The standard InChI is InChI=1S/C14H16N2O/c1-3-9-16(2)14(17)13-6-4-5-11-10-15-8-7-12(11)13/h4-8,10H,3,9H2,1-2H3. The number of pyridine rings is 1. The molecule has 0 unspecified atom stereocenters. The maximum absolute atomic E-state index is 12.3. The minimum absolute atomic E-state index is 0.0728. The van der Waals surface area contributed by atoms with Gasteiger partial charge in [-0.2, -0.15) is 0 Å². The number of rotatable bonds is 3.